The molecule has 1 fully saturated rings. The number of halogens is 1. The molecule has 0 aromatic heterocycles. The largest absolute Gasteiger partial charge is 0.371 e. The predicted octanol–water partition coefficient (Wildman–Crippen LogP) is 4.98. The van der Waals surface area contributed by atoms with E-state index in [1.165, 1.54) is 36.7 Å². The Morgan fingerprint density at radius 3 is 2.64 bits per heavy atom. The van der Waals surface area contributed by atoms with Crippen molar-refractivity contribution in [1.82, 2.24) is 5.32 Å². The molecular weight excluding hydrogens is 378 g/mol. The summed E-state index contributed by atoms with van der Waals surface area (Å²) in [4.78, 5) is 25.3. The molecule has 28 heavy (non-hydrogen) atoms. The third kappa shape index (κ3) is 4.62. The second kappa shape index (κ2) is 8.61. The molecule has 0 radical (unpaired) electrons. The van der Waals surface area contributed by atoms with Crippen LogP contribution in [0.1, 0.15) is 48.7 Å². The highest BCUT2D eigenvalue weighted by molar-refractivity contribution is 6.33. The minimum atomic E-state index is -0.545. The fourth-order valence-corrected chi connectivity index (χ4v) is 3.76. The van der Waals surface area contributed by atoms with E-state index in [4.69, 9.17) is 11.6 Å². The zero-order chi connectivity index (χ0) is 20.3. The van der Waals surface area contributed by atoms with Gasteiger partial charge in [-0.15, -0.1) is 0 Å². The first-order valence-corrected chi connectivity index (χ1v) is 9.82. The number of carbonyl (C=O) groups is 1. The fraction of sp³-hybridized carbons (Fsp3) is 0.381. The van der Waals surface area contributed by atoms with Crippen molar-refractivity contribution < 1.29 is 9.72 Å². The van der Waals surface area contributed by atoms with Crippen molar-refractivity contribution in [2.45, 2.75) is 32.7 Å². The summed E-state index contributed by atoms with van der Waals surface area (Å²) >= 11 is 6.05. The number of hydrogen-bond donors (Lipinski definition) is 1. The van der Waals surface area contributed by atoms with Gasteiger partial charge in [-0.2, -0.15) is 0 Å². The minimum absolute atomic E-state index is 0.0987. The Morgan fingerprint density at radius 2 is 2.00 bits per heavy atom. The first-order valence-electron chi connectivity index (χ1n) is 9.45. The van der Waals surface area contributed by atoms with E-state index in [9.17, 15) is 14.9 Å². The van der Waals surface area contributed by atoms with Crippen LogP contribution in [0.2, 0.25) is 5.02 Å². The molecule has 1 aliphatic heterocycles. The number of amides is 1. The predicted molar refractivity (Wildman–Crippen MR) is 111 cm³/mol. The molecule has 0 unspecified atom stereocenters. The highest BCUT2D eigenvalue weighted by atomic mass is 35.5. The van der Waals surface area contributed by atoms with Crippen LogP contribution in [0, 0.1) is 16.0 Å². The molecule has 1 saturated heterocycles. The molecule has 2 aromatic rings. The third-order valence-electron chi connectivity index (χ3n) is 5.17. The molecule has 3 rings (SSSR count). The summed E-state index contributed by atoms with van der Waals surface area (Å²) < 4.78 is 0. The Hall–Kier alpha value is -2.60. The molecule has 1 N–H and O–H groups in total. The van der Waals surface area contributed by atoms with E-state index >= 15 is 0 Å². The molecule has 1 heterocycles. The molecule has 2 aromatic carbocycles. The van der Waals surface area contributed by atoms with Crippen LogP contribution in [0.25, 0.3) is 0 Å². The maximum atomic E-state index is 12.5. The van der Waals surface area contributed by atoms with Gasteiger partial charge in [0.05, 0.1) is 21.6 Å². The van der Waals surface area contributed by atoms with E-state index < -0.39 is 10.8 Å². The summed E-state index contributed by atoms with van der Waals surface area (Å²) in [6, 6.07) is 11.8. The van der Waals surface area contributed by atoms with E-state index in [-0.39, 0.29) is 22.3 Å². The van der Waals surface area contributed by atoms with Crippen LogP contribution in [-0.2, 0) is 0 Å². The lowest BCUT2D eigenvalue weighted by atomic mass is 9.99. The third-order valence-corrected chi connectivity index (χ3v) is 5.50. The highest BCUT2D eigenvalue weighted by Crippen LogP contribution is 2.26. The van der Waals surface area contributed by atoms with Crippen molar-refractivity contribution >= 4 is 28.9 Å². The number of nitro groups is 1. The van der Waals surface area contributed by atoms with Gasteiger partial charge in [0, 0.05) is 30.9 Å². The standard InChI is InChI=1S/C21H24ClN3O3/c1-14-4-3-11-24(13-14)17-7-5-16(6-8-17)15(2)23-21(26)19-12-18(25(27)28)9-10-20(19)22/h5-10,12,14-15H,3-4,11,13H2,1-2H3,(H,23,26)/t14-,15+/m1/s1. The number of anilines is 1. The number of benzene rings is 2. The van der Waals surface area contributed by atoms with Gasteiger partial charge in [0.1, 0.15) is 0 Å². The molecule has 0 bridgehead atoms. The van der Waals surface area contributed by atoms with Gasteiger partial charge >= 0.3 is 0 Å². The van der Waals surface area contributed by atoms with Gasteiger partial charge in [0.15, 0.2) is 0 Å². The Bertz CT molecular complexity index is 870. The van der Waals surface area contributed by atoms with Gasteiger partial charge in [-0.1, -0.05) is 30.7 Å². The number of nitro benzene ring substituents is 1. The molecular formula is C21H24ClN3O3. The molecule has 2 atom stereocenters. The number of nitrogens with one attached hydrogen (secondary N) is 1. The van der Waals surface area contributed by atoms with Crippen LogP contribution < -0.4 is 10.2 Å². The van der Waals surface area contributed by atoms with Crippen LogP contribution in [0.4, 0.5) is 11.4 Å². The molecule has 6 nitrogen and oxygen atoms in total. The minimum Gasteiger partial charge on any atom is -0.371 e. The van der Waals surface area contributed by atoms with Crippen molar-refractivity contribution in [2.75, 3.05) is 18.0 Å². The quantitative estimate of drug-likeness (QED) is 0.566. The number of hydrogen-bond acceptors (Lipinski definition) is 4. The summed E-state index contributed by atoms with van der Waals surface area (Å²) in [6.45, 7) is 6.29. The van der Waals surface area contributed by atoms with Crippen LogP contribution in [0.3, 0.4) is 0 Å². The molecule has 1 amide bonds. The Morgan fingerprint density at radius 1 is 1.29 bits per heavy atom. The summed E-state index contributed by atoms with van der Waals surface area (Å²) in [6.07, 6.45) is 2.48. The normalized spacial score (nSPS) is 17.8. The molecule has 148 valence electrons. The monoisotopic (exact) mass is 401 g/mol. The number of piperidine rings is 1. The van der Waals surface area contributed by atoms with E-state index in [1.807, 2.05) is 19.1 Å². The van der Waals surface area contributed by atoms with E-state index in [0.717, 1.165) is 18.7 Å². The van der Waals surface area contributed by atoms with Gasteiger partial charge < -0.3 is 10.2 Å². The molecule has 1 aliphatic rings. The smallest absolute Gasteiger partial charge is 0.270 e. The maximum absolute atomic E-state index is 12.5. The summed E-state index contributed by atoms with van der Waals surface area (Å²) in [5.41, 5.74) is 2.09. The number of rotatable bonds is 5. The lowest BCUT2D eigenvalue weighted by Crippen LogP contribution is -2.34. The fourth-order valence-electron chi connectivity index (χ4n) is 3.56. The van der Waals surface area contributed by atoms with Crippen LogP contribution >= 0.6 is 11.6 Å². The lowest BCUT2D eigenvalue weighted by Gasteiger charge is -2.33. The molecule has 0 aliphatic carbocycles. The average Bonchev–Trinajstić information content (AvgIpc) is 2.68. The summed E-state index contributed by atoms with van der Waals surface area (Å²) in [5.74, 6) is 0.265. The Labute approximate surface area is 169 Å². The lowest BCUT2D eigenvalue weighted by molar-refractivity contribution is -0.384. The van der Waals surface area contributed by atoms with E-state index in [0.29, 0.717) is 5.92 Å². The van der Waals surface area contributed by atoms with Crippen molar-refractivity contribution in [1.29, 1.82) is 0 Å². The van der Waals surface area contributed by atoms with Gasteiger partial charge in [-0.25, -0.2) is 0 Å². The van der Waals surface area contributed by atoms with Gasteiger partial charge in [0.25, 0.3) is 11.6 Å². The zero-order valence-electron chi connectivity index (χ0n) is 16.0. The topological polar surface area (TPSA) is 75.5 Å². The second-order valence-electron chi connectivity index (χ2n) is 7.40. The van der Waals surface area contributed by atoms with E-state index in [1.54, 1.807) is 0 Å². The maximum Gasteiger partial charge on any atom is 0.270 e. The molecule has 0 saturated carbocycles. The van der Waals surface area contributed by atoms with Crippen LogP contribution in [0.5, 0.6) is 0 Å². The Kier molecular flexibility index (Phi) is 6.19. The number of nitrogens with zero attached hydrogens (tertiary/aromatic N) is 2. The van der Waals surface area contributed by atoms with Crippen LogP contribution in [0.15, 0.2) is 42.5 Å². The van der Waals surface area contributed by atoms with Crippen molar-refractivity contribution in [3.05, 3.63) is 68.7 Å². The van der Waals surface area contributed by atoms with Gasteiger partial charge in [-0.3, -0.25) is 14.9 Å². The van der Waals surface area contributed by atoms with Crippen molar-refractivity contribution in [3.8, 4) is 0 Å². The summed E-state index contributed by atoms with van der Waals surface area (Å²) in [7, 11) is 0. The van der Waals surface area contributed by atoms with Gasteiger partial charge in [0.2, 0.25) is 0 Å². The first kappa shape index (κ1) is 20.1. The average molecular weight is 402 g/mol. The van der Waals surface area contributed by atoms with Gasteiger partial charge in [-0.05, 0) is 49.4 Å². The van der Waals surface area contributed by atoms with E-state index in [2.05, 4.69) is 29.3 Å². The summed E-state index contributed by atoms with van der Waals surface area (Å²) in [5, 5.41) is 14.0. The molecule has 0 spiro atoms. The zero-order valence-corrected chi connectivity index (χ0v) is 16.8. The van der Waals surface area contributed by atoms with Crippen LogP contribution in [-0.4, -0.2) is 23.9 Å². The molecule has 7 heteroatoms. The number of carbonyl (C=O) groups excluding carboxylic acids is 1. The Balaban J connectivity index is 1.69. The van der Waals surface area contributed by atoms with Crippen molar-refractivity contribution in [2.24, 2.45) is 5.92 Å². The highest BCUT2D eigenvalue weighted by Gasteiger charge is 2.19. The first-order chi connectivity index (χ1) is 13.3. The van der Waals surface area contributed by atoms with Crippen molar-refractivity contribution in [3.63, 3.8) is 0 Å². The number of non-ortho nitro benzene ring substituents is 1. The SMILES string of the molecule is C[C@@H]1CCCN(c2ccc([C@H](C)NC(=O)c3cc([N+](=O)[O-])ccc3Cl)cc2)C1. The second-order valence-corrected chi connectivity index (χ2v) is 7.81.